The third-order valence-corrected chi connectivity index (χ3v) is 10.7. The summed E-state index contributed by atoms with van der Waals surface area (Å²) >= 11 is 0. The second kappa shape index (κ2) is 9.42. The van der Waals surface area contributed by atoms with Crippen LogP contribution in [-0.4, -0.2) is 69.0 Å². The van der Waals surface area contributed by atoms with Crippen LogP contribution in [0.4, 0.5) is 4.39 Å². The quantitative estimate of drug-likeness (QED) is 0.318. The van der Waals surface area contributed by atoms with Crippen molar-refractivity contribution >= 4 is 23.4 Å². The smallest absolute Gasteiger partial charge is 0.329 e. The lowest BCUT2D eigenvalue weighted by Crippen LogP contribution is -2.60. The number of H-pyrrole nitrogens is 1. The van der Waals surface area contributed by atoms with Gasteiger partial charge in [-0.2, -0.15) is 0 Å². The first-order chi connectivity index (χ1) is 19.4. The van der Waals surface area contributed by atoms with Gasteiger partial charge < -0.3 is 25.5 Å². The van der Waals surface area contributed by atoms with E-state index in [9.17, 15) is 19.2 Å². The number of ketones is 2. The molecule has 1 aromatic heterocycles. The number of carbonyl (C=O) groups excluding carboxylic acids is 4. The number of aromatic nitrogens is 2. The standard InChI is InChI=1S/C30H37FN4O6/c1-16-10-22-21-5-4-18-11-20(36)6-7-27(18,3)28(21,31)8-9-29(22)30(16,41-29)24(37)14-40-26(39)23(35-25(38)17(2)32)12-19-13-33-15-34-19/h6-7,11,13,15-17,21-23H,4-5,8-10,12,14,32H2,1-3H3,(H,33,34)(H,35,38)/t16-,17?,21-,22-,23?,27-,28+,29+,30-/m0/s1. The molecular formula is C30H37FN4O6. The largest absolute Gasteiger partial charge is 0.456 e. The Bertz CT molecular complexity index is 1360. The summed E-state index contributed by atoms with van der Waals surface area (Å²) in [5, 5.41) is 2.58. The molecule has 1 aromatic rings. The Morgan fingerprint density at radius 3 is 2.80 bits per heavy atom. The van der Waals surface area contributed by atoms with Crippen LogP contribution in [0.15, 0.2) is 36.3 Å². The monoisotopic (exact) mass is 568 g/mol. The zero-order valence-electron chi connectivity index (χ0n) is 23.6. The summed E-state index contributed by atoms with van der Waals surface area (Å²) in [6, 6.07) is -1.92. The van der Waals surface area contributed by atoms with E-state index in [2.05, 4.69) is 15.3 Å². The van der Waals surface area contributed by atoms with Crippen LogP contribution in [0.25, 0.3) is 0 Å². The maximum Gasteiger partial charge on any atom is 0.329 e. The molecule has 0 aromatic carbocycles. The fourth-order valence-corrected chi connectivity index (χ4v) is 8.52. The molecule has 0 bridgehead atoms. The highest BCUT2D eigenvalue weighted by Gasteiger charge is 2.86. The van der Waals surface area contributed by atoms with Crippen molar-refractivity contribution in [3.05, 3.63) is 42.0 Å². The van der Waals surface area contributed by atoms with E-state index < -0.39 is 52.9 Å². The Labute approximate surface area is 237 Å². The predicted octanol–water partition coefficient (Wildman–Crippen LogP) is 2.04. The summed E-state index contributed by atoms with van der Waals surface area (Å²) in [6.07, 6.45) is 10.4. The van der Waals surface area contributed by atoms with Gasteiger partial charge in [-0.1, -0.05) is 18.6 Å². The van der Waals surface area contributed by atoms with Crippen LogP contribution in [0.1, 0.15) is 58.6 Å². The van der Waals surface area contributed by atoms with Crippen molar-refractivity contribution in [2.24, 2.45) is 28.9 Å². The molecule has 41 heavy (non-hydrogen) atoms. The zero-order valence-corrected chi connectivity index (χ0v) is 23.6. The number of amides is 1. The minimum Gasteiger partial charge on any atom is -0.456 e. The number of rotatable bonds is 8. The van der Waals surface area contributed by atoms with Gasteiger partial charge >= 0.3 is 5.97 Å². The van der Waals surface area contributed by atoms with Gasteiger partial charge in [0.05, 0.1) is 18.1 Å². The molecule has 4 fully saturated rings. The Balaban J connectivity index is 1.17. The molecule has 10 nitrogen and oxygen atoms in total. The molecule has 9 atom stereocenters. The van der Waals surface area contributed by atoms with E-state index in [0.717, 1.165) is 5.57 Å². The number of aromatic amines is 1. The molecule has 1 amide bonds. The number of epoxide rings is 1. The van der Waals surface area contributed by atoms with Crippen molar-refractivity contribution in [1.82, 2.24) is 15.3 Å². The number of alkyl halides is 1. The summed E-state index contributed by atoms with van der Waals surface area (Å²) in [4.78, 5) is 58.0. The van der Waals surface area contributed by atoms with Gasteiger partial charge in [0.25, 0.3) is 0 Å². The van der Waals surface area contributed by atoms with Crippen molar-refractivity contribution in [2.75, 3.05) is 6.61 Å². The molecule has 5 aliphatic rings. The number of nitrogens with one attached hydrogen (secondary N) is 2. The lowest BCUT2D eigenvalue weighted by atomic mass is 9.49. The molecule has 1 aliphatic heterocycles. The molecule has 220 valence electrons. The highest BCUT2D eigenvalue weighted by atomic mass is 19.1. The highest BCUT2D eigenvalue weighted by molar-refractivity contribution is 6.01. The van der Waals surface area contributed by atoms with Gasteiger partial charge in [0, 0.05) is 24.0 Å². The Morgan fingerprint density at radius 1 is 1.32 bits per heavy atom. The Morgan fingerprint density at radius 2 is 2.10 bits per heavy atom. The second-order valence-corrected chi connectivity index (χ2v) is 12.7. The third kappa shape index (κ3) is 3.91. The fourth-order valence-electron chi connectivity index (χ4n) is 8.52. The van der Waals surface area contributed by atoms with E-state index in [0.29, 0.717) is 31.4 Å². The van der Waals surface area contributed by atoms with Crippen LogP contribution in [-0.2, 0) is 35.1 Å². The fraction of sp³-hybridized carbons (Fsp3) is 0.633. The van der Waals surface area contributed by atoms with Crippen LogP contribution in [0.2, 0.25) is 0 Å². The number of fused-ring (bicyclic) bond motifs is 4. The zero-order chi connectivity index (χ0) is 29.4. The summed E-state index contributed by atoms with van der Waals surface area (Å²) in [5.41, 5.74) is 2.74. The van der Waals surface area contributed by atoms with Crippen molar-refractivity contribution in [3.63, 3.8) is 0 Å². The Hall–Kier alpha value is -3.18. The average molecular weight is 569 g/mol. The Kier molecular flexibility index (Phi) is 6.42. The van der Waals surface area contributed by atoms with Gasteiger partial charge in [0.1, 0.15) is 17.3 Å². The highest BCUT2D eigenvalue weighted by Crippen LogP contribution is 2.76. The molecule has 1 spiro atoms. The maximum absolute atomic E-state index is 17.1. The van der Waals surface area contributed by atoms with Crippen molar-refractivity contribution < 1.29 is 33.0 Å². The van der Waals surface area contributed by atoms with Crippen LogP contribution in [0.3, 0.4) is 0 Å². The van der Waals surface area contributed by atoms with Gasteiger partial charge in [0.15, 0.2) is 18.0 Å². The van der Waals surface area contributed by atoms with E-state index in [-0.39, 0.29) is 42.2 Å². The molecule has 0 radical (unpaired) electrons. The van der Waals surface area contributed by atoms with Crippen LogP contribution in [0.5, 0.6) is 0 Å². The summed E-state index contributed by atoms with van der Waals surface area (Å²) in [6.45, 7) is 4.83. The lowest BCUT2D eigenvalue weighted by molar-refractivity contribution is -0.152. The third-order valence-electron chi connectivity index (χ3n) is 10.7. The molecule has 3 saturated carbocycles. The predicted molar refractivity (Wildman–Crippen MR) is 144 cm³/mol. The molecule has 6 rings (SSSR count). The normalized spacial score (nSPS) is 39.8. The van der Waals surface area contributed by atoms with E-state index >= 15 is 4.39 Å². The first-order valence-electron chi connectivity index (χ1n) is 14.4. The number of Topliss-reactive ketones (excluding diaryl/α,β-unsaturated/α-hetero) is 1. The minimum absolute atomic E-state index is 0.0640. The number of nitrogens with two attached hydrogens (primary N) is 1. The molecule has 4 aliphatic carbocycles. The van der Waals surface area contributed by atoms with Gasteiger partial charge in [-0.3, -0.25) is 14.4 Å². The van der Waals surface area contributed by atoms with Crippen LogP contribution >= 0.6 is 0 Å². The number of esters is 1. The number of imidazole rings is 1. The van der Waals surface area contributed by atoms with E-state index in [1.807, 2.05) is 13.8 Å². The number of carbonyl (C=O) groups is 4. The molecular weight excluding hydrogens is 531 g/mol. The van der Waals surface area contributed by atoms with Crippen LogP contribution < -0.4 is 11.1 Å². The van der Waals surface area contributed by atoms with Crippen LogP contribution in [0, 0.1) is 23.2 Å². The molecule has 11 heteroatoms. The topological polar surface area (TPSA) is 157 Å². The molecule has 1 saturated heterocycles. The number of hydrogen-bond acceptors (Lipinski definition) is 8. The van der Waals surface area contributed by atoms with Crippen molar-refractivity contribution in [1.29, 1.82) is 0 Å². The van der Waals surface area contributed by atoms with E-state index in [4.69, 9.17) is 15.2 Å². The van der Waals surface area contributed by atoms with Gasteiger partial charge in [-0.05, 0) is 69.9 Å². The number of hydrogen-bond donors (Lipinski definition) is 3. The van der Waals surface area contributed by atoms with Crippen molar-refractivity contribution in [3.8, 4) is 0 Å². The number of ether oxygens (including phenoxy) is 2. The molecule has 4 N–H and O–H groups in total. The van der Waals surface area contributed by atoms with E-state index in [1.54, 1.807) is 18.3 Å². The summed E-state index contributed by atoms with van der Waals surface area (Å²) in [7, 11) is 0. The van der Waals surface area contributed by atoms with Gasteiger partial charge in [-0.15, -0.1) is 0 Å². The van der Waals surface area contributed by atoms with E-state index in [1.165, 1.54) is 19.3 Å². The first-order valence-corrected chi connectivity index (χ1v) is 14.4. The van der Waals surface area contributed by atoms with Gasteiger partial charge in [-0.25, -0.2) is 14.2 Å². The maximum atomic E-state index is 17.1. The number of nitrogens with zero attached hydrogens (tertiary/aromatic N) is 1. The second-order valence-electron chi connectivity index (χ2n) is 12.7. The van der Waals surface area contributed by atoms with Crippen molar-refractivity contribution in [2.45, 2.75) is 88.3 Å². The SMILES string of the molecule is CC(N)C(=O)NC(Cc1c[nH]cn1)C(=O)OCC(=O)[C@]12O[C@@]13CC[C@@]1(F)[C@@H](CCC4=CC(=O)C=C[C@@]41C)[C@@H]3C[C@@H]2C. The first kappa shape index (κ1) is 28.0. The van der Waals surface area contributed by atoms with Gasteiger partial charge in [0.2, 0.25) is 11.7 Å². The number of allylic oxidation sites excluding steroid dienone is 4. The minimum atomic E-state index is -1.54. The molecule has 2 unspecified atom stereocenters. The lowest BCUT2D eigenvalue weighted by Gasteiger charge is -2.57. The number of halogens is 1. The average Bonchev–Trinajstić information content (AvgIpc) is 3.19. The summed E-state index contributed by atoms with van der Waals surface area (Å²) in [5.74, 6) is -2.38. The molecule has 2 heterocycles. The summed E-state index contributed by atoms with van der Waals surface area (Å²) < 4.78 is 29.0.